The molecule has 2 aromatic carbocycles. The number of benzene rings is 2. The van der Waals surface area contributed by atoms with E-state index in [0.717, 1.165) is 11.3 Å². The first-order valence-corrected chi connectivity index (χ1v) is 8.89. The molecule has 0 fully saturated rings. The number of aromatic nitrogens is 4. The quantitative estimate of drug-likeness (QED) is 0.538. The standard InChI is InChI=1S/C21H19N5O2/c1-24(14-16-6-4-7-17(12-16)26-11-5-10-23-26)21(28)15-25-19-9-3-2-8-18(19)22-13-20(25)27/h2-13H,14-15H2,1H3. The van der Waals surface area contributed by atoms with Crippen molar-refractivity contribution in [2.75, 3.05) is 7.05 Å². The fourth-order valence-electron chi connectivity index (χ4n) is 3.11. The Balaban J connectivity index is 1.53. The lowest BCUT2D eigenvalue weighted by atomic mass is 10.2. The van der Waals surface area contributed by atoms with Gasteiger partial charge in [0, 0.05) is 26.0 Å². The van der Waals surface area contributed by atoms with Gasteiger partial charge in [-0.15, -0.1) is 0 Å². The summed E-state index contributed by atoms with van der Waals surface area (Å²) in [6.07, 6.45) is 4.84. The summed E-state index contributed by atoms with van der Waals surface area (Å²) >= 11 is 0. The van der Waals surface area contributed by atoms with Gasteiger partial charge in [-0.25, -0.2) is 9.67 Å². The highest BCUT2D eigenvalue weighted by atomic mass is 16.2. The molecule has 0 spiro atoms. The first kappa shape index (κ1) is 17.7. The number of likely N-dealkylation sites (N-methyl/N-ethyl adjacent to an activating group) is 1. The van der Waals surface area contributed by atoms with Gasteiger partial charge in [-0.05, 0) is 35.9 Å². The number of fused-ring (bicyclic) bond motifs is 1. The zero-order valence-corrected chi connectivity index (χ0v) is 15.4. The van der Waals surface area contributed by atoms with Gasteiger partial charge in [0.1, 0.15) is 6.54 Å². The van der Waals surface area contributed by atoms with Crippen LogP contribution in [0.3, 0.4) is 0 Å². The van der Waals surface area contributed by atoms with Gasteiger partial charge < -0.3 is 4.90 Å². The SMILES string of the molecule is CN(Cc1cccc(-n2cccn2)c1)C(=O)Cn1c(=O)cnc2ccccc21. The summed E-state index contributed by atoms with van der Waals surface area (Å²) in [5.41, 5.74) is 2.96. The van der Waals surface area contributed by atoms with E-state index < -0.39 is 0 Å². The third kappa shape index (κ3) is 3.55. The fraction of sp³-hybridized carbons (Fsp3) is 0.143. The highest BCUT2D eigenvalue weighted by Crippen LogP contribution is 2.12. The first-order chi connectivity index (χ1) is 13.6. The Kier molecular flexibility index (Phi) is 4.72. The molecule has 7 heteroatoms. The van der Waals surface area contributed by atoms with Gasteiger partial charge in [0.25, 0.3) is 5.56 Å². The summed E-state index contributed by atoms with van der Waals surface area (Å²) in [4.78, 5) is 30.7. The van der Waals surface area contributed by atoms with E-state index in [1.165, 1.54) is 10.8 Å². The summed E-state index contributed by atoms with van der Waals surface area (Å²) < 4.78 is 3.23. The summed E-state index contributed by atoms with van der Waals surface area (Å²) in [6, 6.07) is 17.0. The Morgan fingerprint density at radius 2 is 1.96 bits per heavy atom. The molecular formula is C21H19N5O2. The Hall–Kier alpha value is -3.74. The van der Waals surface area contributed by atoms with Crippen molar-refractivity contribution in [3.05, 3.63) is 89.1 Å². The van der Waals surface area contributed by atoms with Gasteiger partial charge in [0.15, 0.2) is 0 Å². The Labute approximate surface area is 161 Å². The summed E-state index contributed by atoms with van der Waals surface area (Å²) in [6.45, 7) is 0.406. The van der Waals surface area contributed by atoms with Crippen LogP contribution in [0.2, 0.25) is 0 Å². The second kappa shape index (κ2) is 7.48. The van der Waals surface area contributed by atoms with E-state index in [2.05, 4.69) is 10.1 Å². The van der Waals surface area contributed by atoms with Crippen LogP contribution in [0.4, 0.5) is 0 Å². The zero-order valence-electron chi connectivity index (χ0n) is 15.4. The molecule has 0 N–H and O–H groups in total. The zero-order chi connectivity index (χ0) is 19.5. The van der Waals surface area contributed by atoms with Gasteiger partial charge in [-0.3, -0.25) is 14.2 Å². The van der Waals surface area contributed by atoms with Gasteiger partial charge in [-0.2, -0.15) is 5.10 Å². The molecule has 2 heterocycles. The summed E-state index contributed by atoms with van der Waals surface area (Å²) in [7, 11) is 1.73. The molecule has 4 aromatic rings. The van der Waals surface area contributed by atoms with Crippen molar-refractivity contribution in [3.63, 3.8) is 0 Å². The van der Waals surface area contributed by atoms with Gasteiger partial charge >= 0.3 is 0 Å². The molecule has 0 saturated heterocycles. The summed E-state index contributed by atoms with van der Waals surface area (Å²) in [5, 5.41) is 4.23. The van der Waals surface area contributed by atoms with E-state index >= 15 is 0 Å². The van der Waals surface area contributed by atoms with E-state index in [0.29, 0.717) is 17.6 Å². The molecule has 0 unspecified atom stereocenters. The molecular weight excluding hydrogens is 354 g/mol. The lowest BCUT2D eigenvalue weighted by Crippen LogP contribution is -2.33. The number of carbonyl (C=O) groups is 1. The van der Waals surface area contributed by atoms with Crippen molar-refractivity contribution in [2.45, 2.75) is 13.1 Å². The first-order valence-electron chi connectivity index (χ1n) is 8.89. The molecule has 28 heavy (non-hydrogen) atoms. The maximum Gasteiger partial charge on any atom is 0.269 e. The second-order valence-electron chi connectivity index (χ2n) is 6.54. The Bertz CT molecular complexity index is 1180. The smallest absolute Gasteiger partial charge is 0.269 e. The number of para-hydroxylation sites is 2. The highest BCUT2D eigenvalue weighted by Gasteiger charge is 2.13. The van der Waals surface area contributed by atoms with E-state index in [9.17, 15) is 9.59 Å². The average molecular weight is 373 g/mol. The number of amides is 1. The van der Waals surface area contributed by atoms with Crippen LogP contribution in [0, 0.1) is 0 Å². The average Bonchev–Trinajstić information content (AvgIpc) is 3.25. The molecule has 0 atom stereocenters. The molecule has 2 aromatic heterocycles. The molecule has 0 bridgehead atoms. The van der Waals surface area contributed by atoms with Crippen molar-refractivity contribution in [3.8, 4) is 5.69 Å². The van der Waals surface area contributed by atoms with E-state index in [1.807, 2.05) is 54.7 Å². The second-order valence-corrected chi connectivity index (χ2v) is 6.54. The molecule has 0 aliphatic rings. The lowest BCUT2D eigenvalue weighted by Gasteiger charge is -2.19. The molecule has 0 aliphatic carbocycles. The van der Waals surface area contributed by atoms with Crippen molar-refractivity contribution in [2.24, 2.45) is 0 Å². The van der Waals surface area contributed by atoms with Crippen LogP contribution < -0.4 is 5.56 Å². The summed E-state index contributed by atoms with van der Waals surface area (Å²) in [5.74, 6) is -0.150. The largest absolute Gasteiger partial charge is 0.340 e. The van der Waals surface area contributed by atoms with Crippen LogP contribution in [0.5, 0.6) is 0 Å². The third-order valence-electron chi connectivity index (χ3n) is 4.57. The van der Waals surface area contributed by atoms with Crippen molar-refractivity contribution >= 4 is 16.9 Å². The molecule has 0 aliphatic heterocycles. The third-order valence-corrected chi connectivity index (χ3v) is 4.57. The van der Waals surface area contributed by atoms with Crippen LogP contribution in [0.25, 0.3) is 16.7 Å². The highest BCUT2D eigenvalue weighted by molar-refractivity contribution is 5.79. The molecule has 4 rings (SSSR count). The van der Waals surface area contributed by atoms with E-state index in [1.54, 1.807) is 28.9 Å². The number of rotatable bonds is 5. The molecule has 0 radical (unpaired) electrons. The van der Waals surface area contributed by atoms with Gasteiger partial charge in [-0.1, -0.05) is 24.3 Å². The lowest BCUT2D eigenvalue weighted by molar-refractivity contribution is -0.131. The van der Waals surface area contributed by atoms with Crippen molar-refractivity contribution in [1.29, 1.82) is 0 Å². The molecule has 7 nitrogen and oxygen atoms in total. The number of hydrogen-bond acceptors (Lipinski definition) is 4. The van der Waals surface area contributed by atoms with Gasteiger partial charge in [0.05, 0.1) is 22.9 Å². The van der Waals surface area contributed by atoms with Crippen molar-refractivity contribution in [1.82, 2.24) is 24.2 Å². The van der Waals surface area contributed by atoms with Crippen LogP contribution in [0.15, 0.2) is 78.0 Å². The topological polar surface area (TPSA) is 73.0 Å². The fourth-order valence-corrected chi connectivity index (χ4v) is 3.11. The minimum atomic E-state index is -0.291. The molecule has 1 amide bonds. The van der Waals surface area contributed by atoms with Crippen molar-refractivity contribution < 1.29 is 4.79 Å². The maximum atomic E-state index is 12.8. The van der Waals surface area contributed by atoms with Crippen LogP contribution in [-0.4, -0.2) is 37.2 Å². The molecule has 140 valence electrons. The van der Waals surface area contributed by atoms with E-state index in [4.69, 9.17) is 0 Å². The number of hydrogen-bond donors (Lipinski definition) is 0. The predicted molar refractivity (Wildman–Crippen MR) is 106 cm³/mol. The van der Waals surface area contributed by atoms with Crippen LogP contribution in [0.1, 0.15) is 5.56 Å². The monoisotopic (exact) mass is 373 g/mol. The Morgan fingerprint density at radius 3 is 2.79 bits per heavy atom. The minimum absolute atomic E-state index is 0.0305. The van der Waals surface area contributed by atoms with Gasteiger partial charge in [0.2, 0.25) is 5.91 Å². The normalized spacial score (nSPS) is 10.9. The number of carbonyl (C=O) groups excluding carboxylic acids is 1. The van der Waals surface area contributed by atoms with E-state index in [-0.39, 0.29) is 18.0 Å². The Morgan fingerprint density at radius 1 is 1.11 bits per heavy atom. The van der Waals surface area contributed by atoms with Crippen LogP contribution >= 0.6 is 0 Å². The molecule has 0 saturated carbocycles. The number of nitrogens with zero attached hydrogens (tertiary/aromatic N) is 5. The maximum absolute atomic E-state index is 12.8. The predicted octanol–water partition coefficient (Wildman–Crippen LogP) is 2.24. The van der Waals surface area contributed by atoms with Crippen LogP contribution in [-0.2, 0) is 17.9 Å². The minimum Gasteiger partial charge on any atom is -0.340 e.